The van der Waals surface area contributed by atoms with Gasteiger partial charge in [0.15, 0.2) is 37.5 Å². The van der Waals surface area contributed by atoms with Crippen LogP contribution in [0.1, 0.15) is 37.0 Å². The van der Waals surface area contributed by atoms with Crippen molar-refractivity contribution in [3.8, 4) is 11.3 Å². The minimum Gasteiger partial charge on any atom is -0.477 e. The number of sulfone groups is 1. The van der Waals surface area contributed by atoms with Crippen LogP contribution in [0.15, 0.2) is 35.6 Å². The third-order valence-electron chi connectivity index (χ3n) is 4.25. The van der Waals surface area contributed by atoms with Gasteiger partial charge in [-0.2, -0.15) is 23.4 Å². The lowest BCUT2D eigenvalue weighted by Crippen LogP contribution is -2.09. The quantitative estimate of drug-likeness (QED) is 0.482. The van der Waals surface area contributed by atoms with Crippen LogP contribution in [0.5, 0.6) is 0 Å². The highest BCUT2D eigenvalue weighted by atomic mass is 32.2. The van der Waals surface area contributed by atoms with Crippen LogP contribution in [0.2, 0.25) is 0 Å². The van der Waals surface area contributed by atoms with Gasteiger partial charge in [-0.05, 0) is 12.1 Å². The molecule has 1 N–H and O–H groups in total. The van der Waals surface area contributed by atoms with E-state index in [0.717, 1.165) is 21.3 Å². The third-order valence-corrected chi connectivity index (χ3v) is 5.89. The van der Waals surface area contributed by atoms with Crippen LogP contribution >= 0.6 is 0 Å². The maximum Gasteiger partial charge on any atom is 0.435 e. The first-order valence-corrected chi connectivity index (χ1v) is 11.0. The maximum atomic E-state index is 12.9. The standard InChI is InChI=1S/C16H11F3N6O4S.C2H6/c1-2-30(28,29)14-12(13-20-5-3-9(15(26)27)25(13)23-14)8-4-6-24-11(21-8)7-10(22-24)16(17,18)19;1-2/h3-7H,2H2,1H3,(H,26,27);1-2H3. The van der Waals surface area contributed by atoms with Crippen LogP contribution in [0, 0.1) is 0 Å². The van der Waals surface area contributed by atoms with E-state index in [1.165, 1.54) is 19.2 Å². The second kappa shape index (κ2) is 8.18. The summed E-state index contributed by atoms with van der Waals surface area (Å²) in [6.45, 7) is 5.37. The molecule has 10 nitrogen and oxygen atoms in total. The number of aromatic nitrogens is 6. The topological polar surface area (TPSA) is 132 Å². The zero-order valence-electron chi connectivity index (χ0n) is 17.0. The summed E-state index contributed by atoms with van der Waals surface area (Å²) < 4.78 is 65.7. The summed E-state index contributed by atoms with van der Waals surface area (Å²) >= 11 is 0. The minimum atomic E-state index is -4.69. The van der Waals surface area contributed by atoms with Gasteiger partial charge < -0.3 is 5.11 Å². The molecule has 0 unspecified atom stereocenters. The smallest absolute Gasteiger partial charge is 0.435 e. The van der Waals surface area contributed by atoms with Crippen molar-refractivity contribution in [3.63, 3.8) is 0 Å². The Kier molecular flexibility index (Phi) is 5.91. The number of rotatable bonds is 4. The van der Waals surface area contributed by atoms with E-state index in [9.17, 15) is 31.5 Å². The van der Waals surface area contributed by atoms with Gasteiger partial charge in [0.05, 0.1) is 17.0 Å². The Morgan fingerprint density at radius 3 is 2.47 bits per heavy atom. The molecule has 32 heavy (non-hydrogen) atoms. The molecule has 170 valence electrons. The molecule has 0 spiro atoms. The Morgan fingerprint density at radius 1 is 1.19 bits per heavy atom. The molecule has 0 radical (unpaired) electrons. The van der Waals surface area contributed by atoms with Gasteiger partial charge in [0, 0.05) is 18.5 Å². The molecule has 4 heterocycles. The van der Waals surface area contributed by atoms with Gasteiger partial charge in [-0.1, -0.05) is 20.8 Å². The zero-order valence-corrected chi connectivity index (χ0v) is 17.8. The maximum absolute atomic E-state index is 12.9. The van der Waals surface area contributed by atoms with Crippen molar-refractivity contribution in [2.24, 2.45) is 0 Å². The summed E-state index contributed by atoms with van der Waals surface area (Å²) in [7, 11) is -3.96. The number of alkyl halides is 3. The fourth-order valence-electron chi connectivity index (χ4n) is 2.82. The molecule has 0 aliphatic carbocycles. The number of nitrogens with zero attached hydrogens (tertiary/aromatic N) is 6. The molecule has 4 aromatic heterocycles. The van der Waals surface area contributed by atoms with Gasteiger partial charge in [0.25, 0.3) is 0 Å². The molecule has 14 heteroatoms. The van der Waals surface area contributed by atoms with Crippen molar-refractivity contribution in [2.75, 3.05) is 5.75 Å². The predicted molar refractivity (Wildman–Crippen MR) is 106 cm³/mol. The van der Waals surface area contributed by atoms with E-state index in [-0.39, 0.29) is 34.0 Å². The summed E-state index contributed by atoms with van der Waals surface area (Å²) in [6, 6.07) is 3.10. The Hall–Kier alpha value is -3.55. The lowest BCUT2D eigenvalue weighted by atomic mass is 10.2. The number of fused-ring (bicyclic) bond motifs is 2. The number of carbonyl (C=O) groups is 1. The average molecular weight is 470 g/mol. The molecular formula is C18H17F3N6O4S. The number of carboxylic acids is 1. The normalized spacial score (nSPS) is 12.1. The lowest BCUT2D eigenvalue weighted by Gasteiger charge is -2.03. The van der Waals surface area contributed by atoms with Gasteiger partial charge in [0.1, 0.15) is 0 Å². The summed E-state index contributed by atoms with van der Waals surface area (Å²) in [5.74, 6) is -1.72. The van der Waals surface area contributed by atoms with Crippen molar-refractivity contribution in [3.05, 3.63) is 42.0 Å². The van der Waals surface area contributed by atoms with Crippen LogP contribution < -0.4 is 0 Å². The fraction of sp³-hybridized carbons (Fsp3) is 0.278. The van der Waals surface area contributed by atoms with E-state index in [2.05, 4.69) is 20.2 Å². The van der Waals surface area contributed by atoms with Crippen molar-refractivity contribution in [2.45, 2.75) is 32.0 Å². The molecule has 4 rings (SSSR count). The van der Waals surface area contributed by atoms with E-state index in [1.54, 1.807) is 0 Å². The number of halogens is 3. The number of hydrogen-bond donors (Lipinski definition) is 1. The Bertz CT molecular complexity index is 1430. The van der Waals surface area contributed by atoms with Crippen molar-refractivity contribution >= 4 is 27.1 Å². The van der Waals surface area contributed by atoms with Crippen LogP contribution in [0.3, 0.4) is 0 Å². The Morgan fingerprint density at radius 2 is 1.88 bits per heavy atom. The van der Waals surface area contributed by atoms with Crippen LogP contribution in [0.25, 0.3) is 22.6 Å². The lowest BCUT2D eigenvalue weighted by molar-refractivity contribution is -0.141. The summed E-state index contributed by atoms with van der Waals surface area (Å²) in [5.41, 5.74) is -1.98. The SMILES string of the molecule is CC.CCS(=O)(=O)c1nn2c(C(=O)O)ccnc2c1-c1ccn2nc(C(F)(F)F)cc2n1. The molecule has 0 saturated heterocycles. The van der Waals surface area contributed by atoms with Crippen molar-refractivity contribution in [1.82, 2.24) is 29.2 Å². The van der Waals surface area contributed by atoms with E-state index < -0.39 is 32.7 Å². The monoisotopic (exact) mass is 470 g/mol. The Balaban J connectivity index is 0.00000141. The van der Waals surface area contributed by atoms with Crippen molar-refractivity contribution < 1.29 is 31.5 Å². The van der Waals surface area contributed by atoms with Gasteiger partial charge >= 0.3 is 12.1 Å². The van der Waals surface area contributed by atoms with Crippen LogP contribution in [-0.2, 0) is 16.0 Å². The predicted octanol–water partition coefficient (Wildman–Crippen LogP) is 2.98. The van der Waals surface area contributed by atoms with E-state index >= 15 is 0 Å². The molecule has 0 fully saturated rings. The minimum absolute atomic E-state index is 0.0480. The number of aromatic carboxylic acids is 1. The molecule has 0 aliphatic heterocycles. The highest BCUT2D eigenvalue weighted by Gasteiger charge is 2.34. The first-order chi connectivity index (χ1) is 15.0. The van der Waals surface area contributed by atoms with Gasteiger partial charge in [-0.15, -0.1) is 0 Å². The molecular weight excluding hydrogens is 453 g/mol. The van der Waals surface area contributed by atoms with Crippen LogP contribution in [-0.4, -0.2) is 54.4 Å². The van der Waals surface area contributed by atoms with Crippen molar-refractivity contribution in [1.29, 1.82) is 0 Å². The van der Waals surface area contributed by atoms with Gasteiger partial charge in [-0.25, -0.2) is 32.2 Å². The molecule has 0 atom stereocenters. The summed E-state index contributed by atoms with van der Waals surface area (Å²) in [4.78, 5) is 19.6. The van der Waals surface area contributed by atoms with E-state index in [1.807, 2.05) is 13.8 Å². The molecule has 0 amide bonds. The van der Waals surface area contributed by atoms with Crippen LogP contribution in [0.4, 0.5) is 13.2 Å². The fourth-order valence-corrected chi connectivity index (χ4v) is 3.81. The number of hydrogen-bond acceptors (Lipinski definition) is 7. The second-order valence-electron chi connectivity index (χ2n) is 6.10. The molecule has 0 aliphatic rings. The van der Waals surface area contributed by atoms with Gasteiger partial charge in [-0.3, -0.25) is 0 Å². The first-order valence-electron chi connectivity index (χ1n) is 9.30. The largest absolute Gasteiger partial charge is 0.477 e. The average Bonchev–Trinajstić information content (AvgIpc) is 3.36. The summed E-state index contributed by atoms with van der Waals surface area (Å²) in [6.07, 6.45) is -2.35. The summed E-state index contributed by atoms with van der Waals surface area (Å²) in [5, 5.41) is 16.2. The second-order valence-corrected chi connectivity index (χ2v) is 8.29. The van der Waals surface area contributed by atoms with Gasteiger partial charge in [0.2, 0.25) is 0 Å². The molecule has 0 saturated carbocycles. The molecule has 4 aromatic rings. The highest BCUT2D eigenvalue weighted by Crippen LogP contribution is 2.32. The first kappa shape index (κ1) is 23.1. The zero-order chi connectivity index (χ0) is 23.8. The van der Waals surface area contributed by atoms with E-state index in [4.69, 9.17) is 0 Å². The van der Waals surface area contributed by atoms with E-state index in [0.29, 0.717) is 6.07 Å². The molecule has 0 bridgehead atoms. The third kappa shape index (κ3) is 3.88. The molecule has 0 aromatic carbocycles. The Labute approximate surface area is 179 Å². The number of carboxylic acid groups (broad SMARTS) is 1. The highest BCUT2D eigenvalue weighted by molar-refractivity contribution is 7.91.